The van der Waals surface area contributed by atoms with Gasteiger partial charge in [-0.15, -0.1) is 0 Å². The minimum Gasteiger partial charge on any atom is -0.488 e. The summed E-state index contributed by atoms with van der Waals surface area (Å²) in [5.41, 5.74) is 1.37. The summed E-state index contributed by atoms with van der Waals surface area (Å²) in [4.78, 5) is 12.3. The molecule has 1 aliphatic heterocycles. The van der Waals surface area contributed by atoms with Gasteiger partial charge in [-0.25, -0.2) is 0 Å². The van der Waals surface area contributed by atoms with Crippen LogP contribution in [-0.4, -0.2) is 29.8 Å². The van der Waals surface area contributed by atoms with Crippen molar-refractivity contribution in [3.63, 3.8) is 0 Å². The standard InChI is InChI=1S/C16H18ClNO3/c17-12-5-6-15-10(8-12)7-11(9-21-15)16(20)18-13-3-1-2-4-14(13)19/h5-8,13-14,19H,1-4,9H2,(H,18,20). The Bertz CT molecular complexity index is 585. The third-order valence-electron chi connectivity index (χ3n) is 4.02. The van der Waals surface area contributed by atoms with Crippen LogP contribution in [0, 0.1) is 0 Å². The summed E-state index contributed by atoms with van der Waals surface area (Å²) in [7, 11) is 0. The Balaban J connectivity index is 1.73. The highest BCUT2D eigenvalue weighted by Crippen LogP contribution is 2.29. The van der Waals surface area contributed by atoms with E-state index in [1.165, 1.54) is 0 Å². The van der Waals surface area contributed by atoms with Crippen molar-refractivity contribution >= 4 is 23.6 Å². The van der Waals surface area contributed by atoms with Crippen LogP contribution >= 0.6 is 11.6 Å². The van der Waals surface area contributed by atoms with E-state index in [2.05, 4.69) is 5.32 Å². The zero-order valence-corrected chi connectivity index (χ0v) is 12.4. The number of aliphatic hydroxyl groups is 1. The van der Waals surface area contributed by atoms with Gasteiger partial charge in [0.1, 0.15) is 12.4 Å². The van der Waals surface area contributed by atoms with Crippen molar-refractivity contribution in [3.05, 3.63) is 34.4 Å². The molecule has 0 saturated heterocycles. The van der Waals surface area contributed by atoms with Crippen LogP contribution in [0.25, 0.3) is 6.08 Å². The van der Waals surface area contributed by atoms with E-state index < -0.39 is 6.10 Å². The fourth-order valence-corrected chi connectivity index (χ4v) is 3.00. The number of carbonyl (C=O) groups is 1. The summed E-state index contributed by atoms with van der Waals surface area (Å²) in [6.07, 6.45) is 4.98. The van der Waals surface area contributed by atoms with Crippen molar-refractivity contribution in [1.82, 2.24) is 5.32 Å². The third-order valence-corrected chi connectivity index (χ3v) is 4.26. The van der Waals surface area contributed by atoms with Crippen LogP contribution in [0.5, 0.6) is 5.75 Å². The fraction of sp³-hybridized carbons (Fsp3) is 0.438. The monoisotopic (exact) mass is 307 g/mol. The minimum atomic E-state index is -0.450. The Labute approximate surface area is 128 Å². The first kappa shape index (κ1) is 14.4. The van der Waals surface area contributed by atoms with Crippen LogP contribution in [0.2, 0.25) is 5.02 Å². The largest absolute Gasteiger partial charge is 0.488 e. The second kappa shape index (κ2) is 6.08. The van der Waals surface area contributed by atoms with Gasteiger partial charge in [-0.3, -0.25) is 4.79 Å². The molecular formula is C16H18ClNO3. The molecule has 1 heterocycles. The number of ether oxygens (including phenoxy) is 1. The van der Waals surface area contributed by atoms with Crippen LogP contribution < -0.4 is 10.1 Å². The number of amides is 1. The molecule has 1 aromatic carbocycles. The van der Waals surface area contributed by atoms with Crippen LogP contribution in [0.1, 0.15) is 31.2 Å². The van der Waals surface area contributed by atoms with Gasteiger partial charge in [0.15, 0.2) is 0 Å². The van der Waals surface area contributed by atoms with Gasteiger partial charge in [-0.05, 0) is 37.1 Å². The maximum Gasteiger partial charge on any atom is 0.250 e. The van der Waals surface area contributed by atoms with E-state index in [0.29, 0.717) is 10.6 Å². The van der Waals surface area contributed by atoms with Gasteiger partial charge in [0.05, 0.1) is 17.7 Å². The van der Waals surface area contributed by atoms with E-state index in [4.69, 9.17) is 16.3 Å². The second-order valence-corrected chi connectivity index (χ2v) is 6.01. The normalized spacial score (nSPS) is 24.6. The molecular weight excluding hydrogens is 290 g/mol. The lowest BCUT2D eigenvalue weighted by atomic mass is 9.92. The van der Waals surface area contributed by atoms with Crippen molar-refractivity contribution in [2.45, 2.75) is 37.8 Å². The van der Waals surface area contributed by atoms with E-state index in [9.17, 15) is 9.90 Å². The Morgan fingerprint density at radius 1 is 1.33 bits per heavy atom. The molecule has 1 saturated carbocycles. The molecule has 112 valence electrons. The highest BCUT2D eigenvalue weighted by atomic mass is 35.5. The quantitative estimate of drug-likeness (QED) is 0.883. The van der Waals surface area contributed by atoms with E-state index in [1.807, 2.05) is 0 Å². The molecule has 0 spiro atoms. The van der Waals surface area contributed by atoms with E-state index in [1.54, 1.807) is 24.3 Å². The summed E-state index contributed by atoms with van der Waals surface area (Å²) in [6.45, 7) is 0.239. The van der Waals surface area contributed by atoms with Gasteiger partial charge in [-0.2, -0.15) is 0 Å². The van der Waals surface area contributed by atoms with Crippen LogP contribution in [0.3, 0.4) is 0 Å². The molecule has 0 radical (unpaired) electrons. The lowest BCUT2D eigenvalue weighted by Gasteiger charge is -2.29. The third kappa shape index (κ3) is 3.22. The predicted molar refractivity (Wildman–Crippen MR) is 81.3 cm³/mol. The molecule has 2 unspecified atom stereocenters. The van der Waals surface area contributed by atoms with Crippen LogP contribution in [0.4, 0.5) is 0 Å². The Kier molecular flexibility index (Phi) is 4.17. The Morgan fingerprint density at radius 2 is 2.14 bits per heavy atom. The number of hydrogen-bond acceptors (Lipinski definition) is 3. The average molecular weight is 308 g/mol. The molecule has 0 aromatic heterocycles. The maximum atomic E-state index is 12.3. The lowest BCUT2D eigenvalue weighted by molar-refractivity contribution is -0.119. The number of fused-ring (bicyclic) bond motifs is 1. The van der Waals surface area contributed by atoms with Gasteiger partial charge >= 0.3 is 0 Å². The Morgan fingerprint density at radius 3 is 2.95 bits per heavy atom. The molecule has 1 aliphatic carbocycles. The molecule has 1 fully saturated rings. The number of nitrogens with one attached hydrogen (secondary N) is 1. The number of halogens is 1. The lowest BCUT2D eigenvalue weighted by Crippen LogP contribution is -2.46. The number of hydrogen-bond donors (Lipinski definition) is 2. The van der Waals surface area contributed by atoms with Crippen molar-refractivity contribution in [2.75, 3.05) is 6.61 Å². The summed E-state index contributed by atoms with van der Waals surface area (Å²) >= 11 is 5.96. The molecule has 2 N–H and O–H groups in total. The zero-order valence-electron chi connectivity index (χ0n) is 11.6. The van der Waals surface area contributed by atoms with E-state index in [-0.39, 0.29) is 18.6 Å². The minimum absolute atomic E-state index is 0.159. The molecule has 1 aromatic rings. The Hall–Kier alpha value is -1.52. The smallest absolute Gasteiger partial charge is 0.250 e. The summed E-state index contributed by atoms with van der Waals surface area (Å²) in [5.74, 6) is 0.556. The molecule has 4 nitrogen and oxygen atoms in total. The topological polar surface area (TPSA) is 58.6 Å². The van der Waals surface area contributed by atoms with Crippen LogP contribution in [0.15, 0.2) is 23.8 Å². The van der Waals surface area contributed by atoms with E-state index in [0.717, 1.165) is 37.0 Å². The van der Waals surface area contributed by atoms with Gasteiger partial charge in [0.25, 0.3) is 5.91 Å². The summed E-state index contributed by atoms with van der Waals surface area (Å²) in [5, 5.41) is 13.5. The molecule has 2 aliphatic rings. The zero-order chi connectivity index (χ0) is 14.8. The highest BCUT2D eigenvalue weighted by molar-refractivity contribution is 6.30. The first-order valence-corrected chi connectivity index (χ1v) is 7.63. The highest BCUT2D eigenvalue weighted by Gasteiger charge is 2.26. The predicted octanol–water partition coefficient (Wildman–Crippen LogP) is 2.54. The molecule has 0 bridgehead atoms. The molecule has 3 rings (SSSR count). The van der Waals surface area contributed by atoms with Gasteiger partial charge < -0.3 is 15.2 Å². The van der Waals surface area contributed by atoms with Gasteiger partial charge in [0.2, 0.25) is 0 Å². The number of benzene rings is 1. The number of rotatable bonds is 2. The van der Waals surface area contributed by atoms with Crippen molar-refractivity contribution < 1.29 is 14.6 Å². The first-order chi connectivity index (χ1) is 10.1. The summed E-state index contributed by atoms with van der Waals surface area (Å²) < 4.78 is 5.58. The number of aliphatic hydroxyl groups excluding tert-OH is 1. The molecule has 21 heavy (non-hydrogen) atoms. The van der Waals surface area contributed by atoms with Crippen molar-refractivity contribution in [2.24, 2.45) is 0 Å². The number of carbonyl (C=O) groups excluding carboxylic acids is 1. The van der Waals surface area contributed by atoms with Gasteiger partial charge in [-0.1, -0.05) is 24.4 Å². The molecule has 1 amide bonds. The molecule has 2 atom stereocenters. The molecule has 5 heteroatoms. The second-order valence-electron chi connectivity index (χ2n) is 5.57. The average Bonchev–Trinajstić information content (AvgIpc) is 2.48. The maximum absolute atomic E-state index is 12.3. The summed E-state index contributed by atoms with van der Waals surface area (Å²) in [6, 6.07) is 5.18. The van der Waals surface area contributed by atoms with E-state index >= 15 is 0 Å². The van der Waals surface area contributed by atoms with Crippen LogP contribution in [-0.2, 0) is 4.79 Å². The fourth-order valence-electron chi connectivity index (χ4n) is 2.82. The SMILES string of the molecule is O=C(NC1CCCCC1O)C1=Cc2cc(Cl)ccc2OC1. The first-order valence-electron chi connectivity index (χ1n) is 7.25. The van der Waals surface area contributed by atoms with Gasteiger partial charge in [0, 0.05) is 10.6 Å². The van der Waals surface area contributed by atoms with Crippen molar-refractivity contribution in [1.29, 1.82) is 0 Å². The van der Waals surface area contributed by atoms with Crippen molar-refractivity contribution in [3.8, 4) is 5.75 Å².